The Balaban J connectivity index is 1.51. The number of carbonyl (C=O) groups excluding carboxylic acids is 1. The number of aromatic nitrogens is 5. The maximum atomic E-state index is 12.1. The second kappa shape index (κ2) is 7.61. The molecule has 0 saturated heterocycles. The SMILES string of the molecule is Cc1c(-c2nc(CNC(=O)c3ccccc3)no2)nnn1-c1ccccc1Cl. The average molecular weight is 395 g/mol. The lowest BCUT2D eigenvalue weighted by Gasteiger charge is -2.04. The predicted octanol–water partition coefficient (Wildman–Crippen LogP) is 3.21. The third-order valence-electron chi connectivity index (χ3n) is 4.09. The number of carbonyl (C=O) groups is 1. The minimum atomic E-state index is -0.215. The minimum absolute atomic E-state index is 0.134. The molecule has 2 heterocycles. The number of rotatable bonds is 5. The van der Waals surface area contributed by atoms with Crippen molar-refractivity contribution in [3.05, 3.63) is 76.7 Å². The third-order valence-corrected chi connectivity index (χ3v) is 4.41. The van der Waals surface area contributed by atoms with Crippen molar-refractivity contribution in [2.75, 3.05) is 0 Å². The van der Waals surface area contributed by atoms with Gasteiger partial charge in [0.2, 0.25) is 0 Å². The van der Waals surface area contributed by atoms with Gasteiger partial charge in [0.05, 0.1) is 22.9 Å². The highest BCUT2D eigenvalue weighted by atomic mass is 35.5. The molecule has 0 saturated carbocycles. The van der Waals surface area contributed by atoms with Crippen LogP contribution in [0, 0.1) is 6.92 Å². The fourth-order valence-electron chi connectivity index (χ4n) is 2.65. The quantitative estimate of drug-likeness (QED) is 0.558. The zero-order chi connectivity index (χ0) is 19.5. The topological polar surface area (TPSA) is 98.7 Å². The monoisotopic (exact) mass is 394 g/mol. The molecule has 8 nitrogen and oxygen atoms in total. The summed E-state index contributed by atoms with van der Waals surface area (Å²) in [6.07, 6.45) is 0. The molecule has 2 aromatic heterocycles. The van der Waals surface area contributed by atoms with Crippen LogP contribution in [0.5, 0.6) is 0 Å². The number of hydrogen-bond acceptors (Lipinski definition) is 6. The molecular weight excluding hydrogens is 380 g/mol. The van der Waals surface area contributed by atoms with Crippen LogP contribution in [0.3, 0.4) is 0 Å². The molecule has 0 unspecified atom stereocenters. The van der Waals surface area contributed by atoms with Gasteiger partial charge in [0.1, 0.15) is 0 Å². The fraction of sp³-hybridized carbons (Fsp3) is 0.105. The highest BCUT2D eigenvalue weighted by Gasteiger charge is 2.19. The molecule has 0 aliphatic carbocycles. The fourth-order valence-corrected chi connectivity index (χ4v) is 2.87. The van der Waals surface area contributed by atoms with E-state index in [-0.39, 0.29) is 18.3 Å². The van der Waals surface area contributed by atoms with Crippen LogP contribution in [-0.4, -0.2) is 31.0 Å². The zero-order valence-corrected chi connectivity index (χ0v) is 15.6. The number of amides is 1. The summed E-state index contributed by atoms with van der Waals surface area (Å²) in [6, 6.07) is 16.2. The van der Waals surface area contributed by atoms with Crippen molar-refractivity contribution in [3.63, 3.8) is 0 Å². The maximum Gasteiger partial charge on any atom is 0.280 e. The molecule has 2 aromatic carbocycles. The van der Waals surface area contributed by atoms with E-state index in [1.165, 1.54) is 0 Å². The van der Waals surface area contributed by atoms with Gasteiger partial charge in [-0.3, -0.25) is 4.79 Å². The molecule has 0 fully saturated rings. The van der Waals surface area contributed by atoms with Crippen LogP contribution in [0.25, 0.3) is 17.3 Å². The highest BCUT2D eigenvalue weighted by Crippen LogP contribution is 2.25. The molecule has 4 rings (SSSR count). The Morgan fingerprint density at radius 2 is 1.89 bits per heavy atom. The van der Waals surface area contributed by atoms with Gasteiger partial charge >= 0.3 is 0 Å². The first-order valence-electron chi connectivity index (χ1n) is 8.47. The van der Waals surface area contributed by atoms with E-state index in [0.717, 1.165) is 0 Å². The number of para-hydroxylation sites is 1. The summed E-state index contributed by atoms with van der Waals surface area (Å²) in [5.41, 5.74) is 2.42. The molecule has 0 spiro atoms. The molecule has 0 atom stereocenters. The van der Waals surface area contributed by atoms with E-state index in [0.29, 0.717) is 33.5 Å². The summed E-state index contributed by atoms with van der Waals surface area (Å²) >= 11 is 6.23. The Hall–Kier alpha value is -3.52. The Bertz CT molecular complexity index is 1120. The second-order valence-corrected chi connectivity index (χ2v) is 6.36. The standard InChI is InChI=1S/C19H15ClN6O2/c1-12-17(23-25-26(12)15-10-6-5-9-14(15)20)19-22-16(24-28-19)11-21-18(27)13-7-3-2-4-8-13/h2-10H,11H2,1H3,(H,21,27). The van der Waals surface area contributed by atoms with Crippen LogP contribution in [0.15, 0.2) is 59.1 Å². The zero-order valence-electron chi connectivity index (χ0n) is 14.8. The van der Waals surface area contributed by atoms with E-state index in [9.17, 15) is 4.79 Å². The van der Waals surface area contributed by atoms with E-state index in [2.05, 4.69) is 25.8 Å². The number of nitrogens with zero attached hydrogens (tertiary/aromatic N) is 5. The summed E-state index contributed by atoms with van der Waals surface area (Å²) in [7, 11) is 0. The van der Waals surface area contributed by atoms with E-state index >= 15 is 0 Å². The lowest BCUT2D eigenvalue weighted by molar-refractivity contribution is 0.0949. The molecule has 0 aliphatic heterocycles. The molecule has 1 N–H and O–H groups in total. The van der Waals surface area contributed by atoms with Gasteiger partial charge in [0, 0.05) is 5.56 Å². The molecule has 140 valence electrons. The first kappa shape index (κ1) is 17.9. The van der Waals surface area contributed by atoms with Crippen LogP contribution < -0.4 is 5.32 Å². The van der Waals surface area contributed by atoms with E-state index in [1.54, 1.807) is 35.0 Å². The van der Waals surface area contributed by atoms with Gasteiger partial charge in [-0.25, -0.2) is 4.68 Å². The summed E-state index contributed by atoms with van der Waals surface area (Å²) < 4.78 is 6.90. The number of halogens is 1. The Morgan fingerprint density at radius 3 is 2.68 bits per heavy atom. The second-order valence-electron chi connectivity index (χ2n) is 5.95. The van der Waals surface area contributed by atoms with E-state index in [1.807, 2.05) is 31.2 Å². The average Bonchev–Trinajstić information content (AvgIpc) is 3.34. The summed E-state index contributed by atoms with van der Waals surface area (Å²) in [5.74, 6) is 0.346. The van der Waals surface area contributed by atoms with Crippen LogP contribution in [-0.2, 0) is 6.54 Å². The largest absolute Gasteiger partial charge is 0.345 e. The van der Waals surface area contributed by atoms with Crippen LogP contribution in [0.1, 0.15) is 21.9 Å². The first-order valence-corrected chi connectivity index (χ1v) is 8.84. The molecule has 0 aliphatic rings. The van der Waals surface area contributed by atoms with Crippen molar-refractivity contribution in [2.24, 2.45) is 0 Å². The lowest BCUT2D eigenvalue weighted by atomic mass is 10.2. The maximum absolute atomic E-state index is 12.1. The van der Waals surface area contributed by atoms with Gasteiger partial charge in [-0.15, -0.1) is 5.10 Å². The predicted molar refractivity (Wildman–Crippen MR) is 102 cm³/mol. The van der Waals surface area contributed by atoms with Gasteiger partial charge < -0.3 is 9.84 Å². The Labute approximate surface area is 165 Å². The lowest BCUT2D eigenvalue weighted by Crippen LogP contribution is -2.23. The normalized spacial score (nSPS) is 10.8. The van der Waals surface area contributed by atoms with Gasteiger partial charge in [0.25, 0.3) is 11.8 Å². The highest BCUT2D eigenvalue weighted by molar-refractivity contribution is 6.32. The molecular formula is C19H15ClN6O2. The van der Waals surface area contributed by atoms with Crippen LogP contribution in [0.4, 0.5) is 0 Å². The third kappa shape index (κ3) is 3.49. The number of nitrogens with one attached hydrogen (secondary N) is 1. The van der Waals surface area contributed by atoms with E-state index in [4.69, 9.17) is 16.1 Å². The minimum Gasteiger partial charge on any atom is -0.345 e. The van der Waals surface area contributed by atoms with Gasteiger partial charge in [0.15, 0.2) is 11.5 Å². The summed E-state index contributed by atoms with van der Waals surface area (Å²) in [4.78, 5) is 16.4. The van der Waals surface area contributed by atoms with E-state index < -0.39 is 0 Å². The van der Waals surface area contributed by atoms with Crippen molar-refractivity contribution >= 4 is 17.5 Å². The van der Waals surface area contributed by atoms with Gasteiger partial charge in [-0.1, -0.05) is 52.3 Å². The molecule has 28 heavy (non-hydrogen) atoms. The Morgan fingerprint density at radius 1 is 1.14 bits per heavy atom. The smallest absolute Gasteiger partial charge is 0.280 e. The molecule has 0 bridgehead atoms. The van der Waals surface area contributed by atoms with Crippen molar-refractivity contribution in [2.45, 2.75) is 13.5 Å². The molecule has 0 radical (unpaired) electrons. The van der Waals surface area contributed by atoms with Crippen molar-refractivity contribution in [1.82, 2.24) is 30.5 Å². The number of hydrogen-bond donors (Lipinski definition) is 1. The van der Waals surface area contributed by atoms with Crippen molar-refractivity contribution in [3.8, 4) is 17.3 Å². The van der Waals surface area contributed by atoms with Crippen molar-refractivity contribution in [1.29, 1.82) is 0 Å². The van der Waals surface area contributed by atoms with Crippen molar-refractivity contribution < 1.29 is 9.32 Å². The number of benzene rings is 2. The Kier molecular flexibility index (Phi) is 4.86. The summed E-state index contributed by atoms with van der Waals surface area (Å²) in [6.45, 7) is 1.97. The van der Waals surface area contributed by atoms with Gasteiger partial charge in [-0.2, -0.15) is 4.98 Å². The van der Waals surface area contributed by atoms with Gasteiger partial charge in [-0.05, 0) is 31.2 Å². The van der Waals surface area contributed by atoms with Crippen LogP contribution in [0.2, 0.25) is 5.02 Å². The molecule has 9 heteroatoms. The van der Waals surface area contributed by atoms with Crippen LogP contribution >= 0.6 is 11.6 Å². The molecule has 4 aromatic rings. The summed E-state index contributed by atoms with van der Waals surface area (Å²) in [5, 5.41) is 15.5. The first-order chi connectivity index (χ1) is 13.6. The molecule has 1 amide bonds.